The first kappa shape index (κ1) is 13.6. The van der Waals surface area contributed by atoms with Gasteiger partial charge in [-0.25, -0.2) is 9.37 Å². The number of fused-ring (bicyclic) bond motifs is 1. The maximum atomic E-state index is 13.5. The lowest BCUT2D eigenvalue weighted by molar-refractivity contribution is 0.625. The monoisotopic (exact) mass is 283 g/mol. The van der Waals surface area contributed by atoms with Gasteiger partial charge in [0.25, 0.3) is 0 Å². The summed E-state index contributed by atoms with van der Waals surface area (Å²) < 4.78 is 15.6. The number of nitrogens with zero attached hydrogens (tertiary/aromatic N) is 2. The number of halogens is 1. The zero-order valence-corrected chi connectivity index (χ0v) is 12.0. The van der Waals surface area contributed by atoms with Crippen LogP contribution in [0.5, 0.6) is 0 Å². The van der Waals surface area contributed by atoms with Gasteiger partial charge < -0.3 is 10.3 Å². The van der Waals surface area contributed by atoms with Crippen LogP contribution < -0.4 is 5.73 Å². The summed E-state index contributed by atoms with van der Waals surface area (Å²) in [6, 6.07) is 12.5. The number of anilines is 1. The molecule has 108 valence electrons. The predicted octanol–water partition coefficient (Wildman–Crippen LogP) is 3.76. The molecule has 0 radical (unpaired) electrons. The SMILES string of the molecule is CCCn1c(Cc2ccccc2N)nc2ccc(F)cc21. The van der Waals surface area contributed by atoms with Gasteiger partial charge in [-0.15, -0.1) is 0 Å². The molecule has 0 bridgehead atoms. The number of aromatic nitrogens is 2. The van der Waals surface area contributed by atoms with Crippen LogP contribution in [0.3, 0.4) is 0 Å². The molecule has 3 aromatic rings. The number of nitrogens with two attached hydrogens (primary N) is 1. The smallest absolute Gasteiger partial charge is 0.125 e. The average molecular weight is 283 g/mol. The summed E-state index contributed by atoms with van der Waals surface area (Å²) in [5.41, 5.74) is 9.50. The molecule has 0 aliphatic rings. The first-order valence-corrected chi connectivity index (χ1v) is 7.17. The minimum absolute atomic E-state index is 0.231. The Kier molecular flexibility index (Phi) is 3.60. The van der Waals surface area contributed by atoms with Crippen molar-refractivity contribution in [3.8, 4) is 0 Å². The Hall–Kier alpha value is -2.36. The highest BCUT2D eigenvalue weighted by Crippen LogP contribution is 2.22. The number of benzene rings is 2. The molecule has 0 amide bonds. The van der Waals surface area contributed by atoms with E-state index in [0.717, 1.165) is 41.1 Å². The summed E-state index contributed by atoms with van der Waals surface area (Å²) in [7, 11) is 0. The number of imidazole rings is 1. The highest BCUT2D eigenvalue weighted by atomic mass is 19.1. The van der Waals surface area contributed by atoms with Crippen LogP contribution in [0.1, 0.15) is 24.7 Å². The van der Waals surface area contributed by atoms with Crippen LogP contribution in [0.15, 0.2) is 42.5 Å². The van der Waals surface area contributed by atoms with E-state index in [1.54, 1.807) is 12.1 Å². The predicted molar refractivity (Wildman–Crippen MR) is 83.6 cm³/mol. The average Bonchev–Trinajstić information content (AvgIpc) is 2.79. The van der Waals surface area contributed by atoms with E-state index in [1.165, 1.54) is 6.07 Å². The number of aryl methyl sites for hydroxylation is 1. The van der Waals surface area contributed by atoms with Gasteiger partial charge in [-0.3, -0.25) is 0 Å². The Morgan fingerprint density at radius 1 is 1.19 bits per heavy atom. The lowest BCUT2D eigenvalue weighted by atomic mass is 10.1. The van der Waals surface area contributed by atoms with Gasteiger partial charge in [0, 0.05) is 18.7 Å². The van der Waals surface area contributed by atoms with Gasteiger partial charge in [0.15, 0.2) is 0 Å². The lowest BCUT2D eigenvalue weighted by Gasteiger charge is -2.09. The number of para-hydroxylation sites is 1. The van der Waals surface area contributed by atoms with E-state index < -0.39 is 0 Å². The highest BCUT2D eigenvalue weighted by molar-refractivity contribution is 5.76. The third-order valence-electron chi connectivity index (χ3n) is 3.64. The summed E-state index contributed by atoms with van der Waals surface area (Å²) in [5, 5.41) is 0. The third kappa shape index (κ3) is 2.61. The normalized spacial score (nSPS) is 11.1. The largest absolute Gasteiger partial charge is 0.398 e. The Morgan fingerprint density at radius 3 is 2.76 bits per heavy atom. The number of rotatable bonds is 4. The molecule has 0 unspecified atom stereocenters. The van der Waals surface area contributed by atoms with Crippen LogP contribution in [-0.4, -0.2) is 9.55 Å². The molecule has 3 nitrogen and oxygen atoms in total. The van der Waals surface area contributed by atoms with E-state index in [4.69, 9.17) is 5.73 Å². The van der Waals surface area contributed by atoms with Crippen molar-refractivity contribution in [1.29, 1.82) is 0 Å². The van der Waals surface area contributed by atoms with Gasteiger partial charge in [-0.05, 0) is 36.2 Å². The van der Waals surface area contributed by atoms with Crippen molar-refractivity contribution in [1.82, 2.24) is 9.55 Å². The van der Waals surface area contributed by atoms with Crippen molar-refractivity contribution in [3.63, 3.8) is 0 Å². The zero-order chi connectivity index (χ0) is 14.8. The quantitative estimate of drug-likeness (QED) is 0.741. The topological polar surface area (TPSA) is 43.8 Å². The van der Waals surface area contributed by atoms with Crippen LogP contribution in [0.2, 0.25) is 0 Å². The molecule has 2 aromatic carbocycles. The summed E-state index contributed by atoms with van der Waals surface area (Å²) in [6.45, 7) is 2.92. The molecule has 2 N–H and O–H groups in total. The number of hydrogen-bond acceptors (Lipinski definition) is 2. The lowest BCUT2D eigenvalue weighted by Crippen LogP contribution is -2.05. The minimum atomic E-state index is -0.231. The molecular formula is C17H18FN3. The Morgan fingerprint density at radius 2 is 2.00 bits per heavy atom. The maximum Gasteiger partial charge on any atom is 0.125 e. The standard InChI is InChI=1S/C17H18FN3/c1-2-9-21-16-11-13(18)7-8-15(16)20-17(21)10-12-5-3-4-6-14(12)19/h3-8,11H,2,9-10,19H2,1H3. The maximum absolute atomic E-state index is 13.5. The number of nitrogen functional groups attached to an aromatic ring is 1. The van der Waals surface area contributed by atoms with Crippen LogP contribution in [-0.2, 0) is 13.0 Å². The van der Waals surface area contributed by atoms with Crippen LogP contribution >= 0.6 is 0 Å². The molecule has 0 spiro atoms. The molecule has 0 saturated heterocycles. The minimum Gasteiger partial charge on any atom is -0.398 e. The van der Waals surface area contributed by atoms with Crippen molar-refractivity contribution in [3.05, 3.63) is 59.7 Å². The fourth-order valence-corrected chi connectivity index (χ4v) is 2.62. The van der Waals surface area contributed by atoms with Gasteiger partial charge >= 0.3 is 0 Å². The van der Waals surface area contributed by atoms with Gasteiger partial charge in [0.1, 0.15) is 11.6 Å². The molecule has 4 heteroatoms. The van der Waals surface area contributed by atoms with Crippen molar-refractivity contribution in [2.24, 2.45) is 0 Å². The second-order valence-electron chi connectivity index (χ2n) is 5.19. The first-order valence-electron chi connectivity index (χ1n) is 7.17. The van der Waals surface area contributed by atoms with Crippen LogP contribution in [0.4, 0.5) is 10.1 Å². The van der Waals surface area contributed by atoms with Crippen molar-refractivity contribution < 1.29 is 4.39 Å². The van der Waals surface area contributed by atoms with E-state index in [0.29, 0.717) is 6.42 Å². The summed E-state index contributed by atoms with van der Waals surface area (Å²) in [5.74, 6) is 0.695. The molecule has 0 atom stereocenters. The Labute approximate surface area is 123 Å². The Balaban J connectivity index is 2.09. The Bertz CT molecular complexity index is 777. The van der Waals surface area contributed by atoms with E-state index in [1.807, 2.05) is 24.3 Å². The summed E-state index contributed by atoms with van der Waals surface area (Å²) in [6.07, 6.45) is 1.63. The summed E-state index contributed by atoms with van der Waals surface area (Å²) in [4.78, 5) is 4.65. The number of hydrogen-bond donors (Lipinski definition) is 1. The van der Waals surface area contributed by atoms with Crippen molar-refractivity contribution >= 4 is 16.7 Å². The molecule has 1 aromatic heterocycles. The van der Waals surface area contributed by atoms with Crippen molar-refractivity contribution in [2.75, 3.05) is 5.73 Å². The molecule has 0 aliphatic carbocycles. The zero-order valence-electron chi connectivity index (χ0n) is 12.0. The van der Waals surface area contributed by atoms with Gasteiger partial charge in [-0.1, -0.05) is 25.1 Å². The second-order valence-corrected chi connectivity index (χ2v) is 5.19. The van der Waals surface area contributed by atoms with E-state index >= 15 is 0 Å². The van der Waals surface area contributed by atoms with Gasteiger partial charge in [0.05, 0.1) is 11.0 Å². The van der Waals surface area contributed by atoms with Crippen LogP contribution in [0.25, 0.3) is 11.0 Å². The van der Waals surface area contributed by atoms with E-state index in [9.17, 15) is 4.39 Å². The molecule has 0 fully saturated rings. The molecule has 1 heterocycles. The molecule has 0 aliphatic heterocycles. The second kappa shape index (κ2) is 5.56. The van der Waals surface area contributed by atoms with Crippen molar-refractivity contribution in [2.45, 2.75) is 26.3 Å². The fourth-order valence-electron chi connectivity index (χ4n) is 2.62. The molecule has 3 rings (SSSR count). The van der Waals surface area contributed by atoms with E-state index in [-0.39, 0.29) is 5.82 Å². The molecule has 0 saturated carbocycles. The molecular weight excluding hydrogens is 265 g/mol. The third-order valence-corrected chi connectivity index (χ3v) is 3.64. The summed E-state index contributed by atoms with van der Waals surface area (Å²) >= 11 is 0. The highest BCUT2D eigenvalue weighted by Gasteiger charge is 2.12. The van der Waals surface area contributed by atoms with Crippen LogP contribution in [0, 0.1) is 5.82 Å². The fraction of sp³-hybridized carbons (Fsp3) is 0.235. The van der Waals surface area contributed by atoms with Gasteiger partial charge in [-0.2, -0.15) is 0 Å². The molecule has 21 heavy (non-hydrogen) atoms. The first-order chi connectivity index (χ1) is 10.2. The van der Waals surface area contributed by atoms with E-state index in [2.05, 4.69) is 16.5 Å². The van der Waals surface area contributed by atoms with Gasteiger partial charge in [0.2, 0.25) is 0 Å².